The molecule has 0 saturated carbocycles. The van der Waals surface area contributed by atoms with Gasteiger partial charge >= 0.3 is 0 Å². The zero-order valence-corrected chi connectivity index (χ0v) is 16.8. The number of rotatable bonds is 9. The summed E-state index contributed by atoms with van der Waals surface area (Å²) in [6, 6.07) is 14.8. The monoisotopic (exact) mass is 390 g/mol. The lowest BCUT2D eigenvalue weighted by atomic mass is 10.2. The highest BCUT2D eigenvalue weighted by Crippen LogP contribution is 2.19. The molecule has 0 spiro atoms. The number of hydrogen-bond donors (Lipinski definition) is 1. The molecule has 1 N–H and O–H groups in total. The van der Waals surface area contributed by atoms with Crippen molar-refractivity contribution in [2.75, 3.05) is 24.2 Å². The number of nitrogens with one attached hydrogen (secondary N) is 1. The van der Waals surface area contributed by atoms with E-state index in [-0.39, 0.29) is 18.9 Å². The first kappa shape index (κ1) is 20.8. The van der Waals surface area contributed by atoms with Crippen molar-refractivity contribution in [2.45, 2.75) is 26.3 Å². The number of hydrogen-bond acceptors (Lipinski definition) is 4. The van der Waals surface area contributed by atoms with Gasteiger partial charge in [-0.3, -0.25) is 9.10 Å². The molecule has 0 aromatic heterocycles. The largest absolute Gasteiger partial charge is 0.497 e. The summed E-state index contributed by atoms with van der Waals surface area (Å²) in [7, 11) is -1.81. The van der Waals surface area contributed by atoms with E-state index < -0.39 is 10.0 Å². The van der Waals surface area contributed by atoms with Crippen LogP contribution in [-0.4, -0.2) is 34.2 Å². The van der Waals surface area contributed by atoms with Crippen LogP contribution in [0.4, 0.5) is 5.69 Å². The number of benzene rings is 2. The minimum absolute atomic E-state index is 0.116. The fourth-order valence-electron chi connectivity index (χ4n) is 2.65. The average molecular weight is 391 g/mol. The fourth-order valence-corrected chi connectivity index (χ4v) is 3.62. The van der Waals surface area contributed by atoms with E-state index in [0.717, 1.165) is 16.9 Å². The number of anilines is 1. The van der Waals surface area contributed by atoms with Crippen molar-refractivity contribution in [1.82, 2.24) is 5.32 Å². The molecule has 0 atom stereocenters. The summed E-state index contributed by atoms with van der Waals surface area (Å²) in [5, 5.41) is 2.85. The van der Waals surface area contributed by atoms with Crippen molar-refractivity contribution < 1.29 is 17.9 Å². The summed E-state index contributed by atoms with van der Waals surface area (Å²) in [4.78, 5) is 12.1. The van der Waals surface area contributed by atoms with Crippen LogP contribution in [0.3, 0.4) is 0 Å². The molecule has 2 aromatic rings. The van der Waals surface area contributed by atoms with Crippen molar-refractivity contribution in [3.05, 3.63) is 59.7 Å². The lowest BCUT2D eigenvalue weighted by molar-refractivity contribution is -0.121. The Balaban J connectivity index is 1.86. The molecule has 27 heavy (non-hydrogen) atoms. The van der Waals surface area contributed by atoms with Crippen LogP contribution in [0.1, 0.15) is 24.0 Å². The Labute approximate surface area is 161 Å². The Bertz CT molecular complexity index is 864. The van der Waals surface area contributed by atoms with Crippen LogP contribution in [0.5, 0.6) is 5.75 Å². The predicted molar refractivity (Wildman–Crippen MR) is 107 cm³/mol. The van der Waals surface area contributed by atoms with Crippen LogP contribution in [0.15, 0.2) is 48.5 Å². The van der Waals surface area contributed by atoms with Gasteiger partial charge in [-0.15, -0.1) is 0 Å². The first-order valence-electron chi connectivity index (χ1n) is 8.73. The SMILES string of the molecule is COc1cccc(CNC(=O)CCCN(c2ccc(C)cc2)S(C)(=O)=O)c1. The molecular formula is C20H26N2O4S. The number of nitrogens with zero attached hydrogens (tertiary/aromatic N) is 1. The fraction of sp³-hybridized carbons (Fsp3) is 0.350. The minimum Gasteiger partial charge on any atom is -0.497 e. The second-order valence-corrected chi connectivity index (χ2v) is 8.31. The maximum absolute atomic E-state index is 12.1. The molecule has 1 amide bonds. The van der Waals surface area contributed by atoms with E-state index in [1.54, 1.807) is 19.2 Å². The van der Waals surface area contributed by atoms with Crippen molar-refractivity contribution >= 4 is 21.6 Å². The van der Waals surface area contributed by atoms with Gasteiger partial charge in [0.25, 0.3) is 0 Å². The quantitative estimate of drug-likeness (QED) is 0.714. The van der Waals surface area contributed by atoms with Crippen molar-refractivity contribution in [2.24, 2.45) is 0 Å². The standard InChI is InChI=1S/C20H26N2O4S/c1-16-9-11-18(12-10-16)22(27(3,24)25)13-5-8-20(23)21-15-17-6-4-7-19(14-17)26-2/h4,6-7,9-12,14H,5,8,13,15H2,1-3H3,(H,21,23). The molecule has 0 aliphatic heterocycles. The number of ether oxygens (including phenoxy) is 1. The highest BCUT2D eigenvalue weighted by atomic mass is 32.2. The minimum atomic E-state index is -3.40. The van der Waals surface area contributed by atoms with Crippen LogP contribution in [-0.2, 0) is 21.4 Å². The molecule has 0 unspecified atom stereocenters. The van der Waals surface area contributed by atoms with Crippen LogP contribution < -0.4 is 14.4 Å². The molecular weight excluding hydrogens is 364 g/mol. The molecule has 0 bridgehead atoms. The average Bonchev–Trinajstić information content (AvgIpc) is 2.64. The van der Waals surface area contributed by atoms with E-state index in [0.29, 0.717) is 18.7 Å². The van der Waals surface area contributed by atoms with E-state index in [4.69, 9.17) is 4.74 Å². The molecule has 0 heterocycles. The van der Waals surface area contributed by atoms with Gasteiger partial charge in [0.1, 0.15) is 5.75 Å². The van der Waals surface area contributed by atoms with E-state index in [2.05, 4.69) is 5.32 Å². The van der Waals surface area contributed by atoms with Crippen LogP contribution in [0, 0.1) is 6.92 Å². The van der Waals surface area contributed by atoms with Gasteiger partial charge in [-0.1, -0.05) is 29.8 Å². The zero-order valence-electron chi connectivity index (χ0n) is 15.9. The first-order valence-corrected chi connectivity index (χ1v) is 10.6. The maximum Gasteiger partial charge on any atom is 0.232 e. The number of sulfonamides is 1. The Morgan fingerprint density at radius 1 is 1.15 bits per heavy atom. The molecule has 2 rings (SSSR count). The maximum atomic E-state index is 12.1. The highest BCUT2D eigenvalue weighted by molar-refractivity contribution is 7.92. The number of carbonyl (C=O) groups is 1. The molecule has 146 valence electrons. The van der Waals surface area contributed by atoms with Gasteiger partial charge in [0, 0.05) is 19.5 Å². The predicted octanol–water partition coefficient (Wildman–Crippen LogP) is 2.87. The molecule has 0 radical (unpaired) electrons. The summed E-state index contributed by atoms with van der Waals surface area (Å²) in [5.74, 6) is 0.624. The highest BCUT2D eigenvalue weighted by Gasteiger charge is 2.17. The summed E-state index contributed by atoms with van der Waals surface area (Å²) >= 11 is 0. The van der Waals surface area contributed by atoms with Gasteiger partial charge in [0.05, 0.1) is 19.1 Å². The van der Waals surface area contributed by atoms with E-state index >= 15 is 0 Å². The van der Waals surface area contributed by atoms with Gasteiger partial charge in [-0.2, -0.15) is 0 Å². The van der Waals surface area contributed by atoms with Crippen molar-refractivity contribution in [3.63, 3.8) is 0 Å². The number of carbonyl (C=O) groups excluding carboxylic acids is 1. The van der Waals surface area contributed by atoms with Crippen LogP contribution >= 0.6 is 0 Å². The van der Waals surface area contributed by atoms with E-state index in [1.807, 2.05) is 43.3 Å². The number of methoxy groups -OCH3 is 1. The second-order valence-electron chi connectivity index (χ2n) is 6.40. The molecule has 6 nitrogen and oxygen atoms in total. The van der Waals surface area contributed by atoms with Gasteiger partial charge in [0.2, 0.25) is 15.9 Å². The first-order chi connectivity index (χ1) is 12.8. The summed E-state index contributed by atoms with van der Waals surface area (Å²) < 4.78 is 30.6. The van der Waals surface area contributed by atoms with E-state index in [1.165, 1.54) is 10.6 Å². The molecule has 0 aliphatic rings. The summed E-state index contributed by atoms with van der Waals surface area (Å²) in [6.07, 6.45) is 1.86. The number of aryl methyl sites for hydroxylation is 1. The molecule has 0 aliphatic carbocycles. The van der Waals surface area contributed by atoms with Gasteiger partial charge in [-0.05, 0) is 43.2 Å². The third kappa shape index (κ3) is 6.60. The zero-order chi connectivity index (χ0) is 19.9. The van der Waals surface area contributed by atoms with Crippen molar-refractivity contribution in [1.29, 1.82) is 0 Å². The lowest BCUT2D eigenvalue weighted by Crippen LogP contribution is -2.32. The molecule has 7 heteroatoms. The Hall–Kier alpha value is -2.54. The molecule has 0 fully saturated rings. The van der Waals surface area contributed by atoms with E-state index in [9.17, 15) is 13.2 Å². The Kier molecular flexibility index (Phi) is 7.24. The van der Waals surface area contributed by atoms with Gasteiger partial charge < -0.3 is 10.1 Å². The number of amides is 1. The summed E-state index contributed by atoms with van der Waals surface area (Å²) in [6.45, 7) is 2.61. The van der Waals surface area contributed by atoms with Gasteiger partial charge in [-0.25, -0.2) is 8.42 Å². The third-order valence-electron chi connectivity index (χ3n) is 4.11. The normalized spacial score (nSPS) is 11.1. The molecule has 0 saturated heterocycles. The smallest absolute Gasteiger partial charge is 0.232 e. The topological polar surface area (TPSA) is 75.7 Å². The Morgan fingerprint density at radius 3 is 2.48 bits per heavy atom. The lowest BCUT2D eigenvalue weighted by Gasteiger charge is -2.22. The Morgan fingerprint density at radius 2 is 1.85 bits per heavy atom. The third-order valence-corrected chi connectivity index (χ3v) is 5.31. The molecule has 2 aromatic carbocycles. The van der Waals surface area contributed by atoms with Crippen LogP contribution in [0.2, 0.25) is 0 Å². The van der Waals surface area contributed by atoms with Crippen LogP contribution in [0.25, 0.3) is 0 Å². The van der Waals surface area contributed by atoms with Crippen molar-refractivity contribution in [3.8, 4) is 5.75 Å². The summed E-state index contributed by atoms with van der Waals surface area (Å²) in [5.41, 5.74) is 2.61. The second kappa shape index (κ2) is 9.41. The van der Waals surface area contributed by atoms with Gasteiger partial charge in [0.15, 0.2) is 0 Å².